The first-order chi connectivity index (χ1) is 12.2. The Bertz CT molecular complexity index is 845. The number of aryl methyl sites for hydroxylation is 1. The molecule has 1 heterocycles. The van der Waals surface area contributed by atoms with Crippen LogP contribution in [0.3, 0.4) is 0 Å². The van der Waals surface area contributed by atoms with Gasteiger partial charge in [0.05, 0.1) is 10.5 Å². The van der Waals surface area contributed by atoms with Crippen molar-refractivity contribution in [2.24, 2.45) is 0 Å². The van der Waals surface area contributed by atoms with Gasteiger partial charge >= 0.3 is 5.97 Å². The monoisotopic (exact) mass is 362 g/mol. The largest absolute Gasteiger partial charge is 0.449 e. The zero-order chi connectivity index (χ0) is 19.4. The van der Waals surface area contributed by atoms with Crippen LogP contribution in [0.4, 0.5) is 17.2 Å². The maximum Gasteiger partial charge on any atom is 0.339 e. The molecule has 10 heteroatoms. The number of amides is 1. The number of anilines is 2. The molecule has 0 bridgehead atoms. The molecule has 0 unspecified atom stereocenters. The molecular formula is C16H18N4O6. The quantitative estimate of drug-likeness (QED) is 0.470. The van der Waals surface area contributed by atoms with Gasteiger partial charge in [-0.25, -0.2) is 4.79 Å². The normalized spacial score (nSPS) is 11.5. The molecule has 0 spiro atoms. The van der Waals surface area contributed by atoms with Crippen LogP contribution < -0.4 is 10.2 Å². The van der Waals surface area contributed by atoms with Gasteiger partial charge in [0, 0.05) is 26.2 Å². The van der Waals surface area contributed by atoms with E-state index in [2.05, 4.69) is 10.5 Å². The van der Waals surface area contributed by atoms with Crippen LogP contribution in [0.1, 0.15) is 23.0 Å². The van der Waals surface area contributed by atoms with Gasteiger partial charge in [-0.2, -0.15) is 0 Å². The number of rotatable bonds is 6. The predicted octanol–water partition coefficient (Wildman–Crippen LogP) is 2.14. The lowest BCUT2D eigenvalue weighted by atomic mass is 10.1. The number of nitrogens with zero attached hydrogens (tertiary/aromatic N) is 3. The lowest BCUT2D eigenvalue weighted by Crippen LogP contribution is -2.30. The molecule has 10 nitrogen and oxygen atoms in total. The average Bonchev–Trinajstić information content (AvgIpc) is 2.98. The number of nitrogens with one attached hydrogen (secondary N) is 1. The summed E-state index contributed by atoms with van der Waals surface area (Å²) in [6.07, 6.45) is -1.13. The molecule has 0 aliphatic heterocycles. The highest BCUT2D eigenvalue weighted by molar-refractivity contribution is 5.97. The third kappa shape index (κ3) is 4.35. The van der Waals surface area contributed by atoms with E-state index in [0.717, 1.165) is 6.07 Å². The van der Waals surface area contributed by atoms with Crippen molar-refractivity contribution in [2.45, 2.75) is 20.0 Å². The molecule has 1 amide bonds. The Balaban J connectivity index is 2.10. The van der Waals surface area contributed by atoms with Gasteiger partial charge < -0.3 is 19.5 Å². The van der Waals surface area contributed by atoms with E-state index < -0.39 is 22.9 Å². The van der Waals surface area contributed by atoms with E-state index in [1.165, 1.54) is 25.1 Å². The zero-order valence-electron chi connectivity index (χ0n) is 14.7. The number of nitro groups is 1. The molecule has 26 heavy (non-hydrogen) atoms. The second kappa shape index (κ2) is 7.64. The molecule has 2 rings (SSSR count). The lowest BCUT2D eigenvalue weighted by Gasteiger charge is -2.15. The molecule has 0 saturated carbocycles. The summed E-state index contributed by atoms with van der Waals surface area (Å²) in [5, 5.41) is 17.2. The molecule has 1 aromatic carbocycles. The molecule has 0 saturated heterocycles. The van der Waals surface area contributed by atoms with Crippen LogP contribution in [0, 0.1) is 17.0 Å². The minimum atomic E-state index is -1.13. The van der Waals surface area contributed by atoms with Crippen molar-refractivity contribution in [2.75, 3.05) is 24.3 Å². The topological polar surface area (TPSA) is 128 Å². The first kappa shape index (κ1) is 18.9. The lowest BCUT2D eigenvalue weighted by molar-refractivity contribution is -0.384. The zero-order valence-corrected chi connectivity index (χ0v) is 14.7. The van der Waals surface area contributed by atoms with Crippen LogP contribution in [-0.4, -0.2) is 42.2 Å². The number of aromatic nitrogens is 1. The van der Waals surface area contributed by atoms with Gasteiger partial charge in [-0.1, -0.05) is 5.16 Å². The highest BCUT2D eigenvalue weighted by Crippen LogP contribution is 2.28. The number of carbonyl (C=O) groups is 2. The Morgan fingerprint density at radius 3 is 2.58 bits per heavy atom. The molecule has 0 radical (unpaired) electrons. The first-order valence-electron chi connectivity index (χ1n) is 7.60. The fraction of sp³-hybridized carbons (Fsp3) is 0.312. The van der Waals surface area contributed by atoms with Crippen LogP contribution in [0.15, 0.2) is 28.8 Å². The van der Waals surface area contributed by atoms with E-state index in [4.69, 9.17) is 9.26 Å². The van der Waals surface area contributed by atoms with Crippen LogP contribution in [0.25, 0.3) is 0 Å². The van der Waals surface area contributed by atoms with Crippen LogP contribution in [0.2, 0.25) is 0 Å². The van der Waals surface area contributed by atoms with Crippen molar-refractivity contribution in [1.29, 1.82) is 0 Å². The molecule has 1 N–H and O–H groups in total. The van der Waals surface area contributed by atoms with Crippen molar-refractivity contribution in [3.63, 3.8) is 0 Å². The maximum absolute atomic E-state index is 12.2. The standard InChI is InChI=1S/C16H18N4O6/c1-9-7-14(18-26-9)17-15(21)10(2)25-16(22)11-5-6-12(19(3)4)13(8-11)20(23)24/h5-8,10H,1-4H3,(H,17,18,21)/t10-/m1/s1. The summed E-state index contributed by atoms with van der Waals surface area (Å²) in [5.41, 5.74) is 0.0811. The van der Waals surface area contributed by atoms with Crippen molar-refractivity contribution in [3.05, 3.63) is 45.7 Å². The molecule has 1 atom stereocenters. The fourth-order valence-corrected chi connectivity index (χ4v) is 2.11. The summed E-state index contributed by atoms with van der Waals surface area (Å²) >= 11 is 0. The van der Waals surface area contributed by atoms with E-state index in [9.17, 15) is 19.7 Å². The fourth-order valence-electron chi connectivity index (χ4n) is 2.11. The van der Waals surface area contributed by atoms with Crippen molar-refractivity contribution in [3.8, 4) is 0 Å². The summed E-state index contributed by atoms with van der Waals surface area (Å²) in [6.45, 7) is 3.04. The summed E-state index contributed by atoms with van der Waals surface area (Å²) < 4.78 is 9.89. The number of carbonyl (C=O) groups excluding carboxylic acids is 2. The number of benzene rings is 1. The van der Waals surface area contributed by atoms with Crippen LogP contribution in [0.5, 0.6) is 0 Å². The Kier molecular flexibility index (Phi) is 5.55. The average molecular weight is 362 g/mol. The van der Waals surface area contributed by atoms with Gasteiger partial charge in [-0.15, -0.1) is 0 Å². The van der Waals surface area contributed by atoms with E-state index in [1.54, 1.807) is 25.9 Å². The third-order valence-corrected chi connectivity index (χ3v) is 3.42. The number of hydrogen-bond donors (Lipinski definition) is 1. The summed E-state index contributed by atoms with van der Waals surface area (Å²) in [6, 6.07) is 5.47. The van der Waals surface area contributed by atoms with E-state index in [-0.39, 0.29) is 17.1 Å². The summed E-state index contributed by atoms with van der Waals surface area (Å²) in [5.74, 6) is -0.747. The molecular weight excluding hydrogens is 344 g/mol. The second-order valence-electron chi connectivity index (χ2n) is 5.71. The number of hydrogen-bond acceptors (Lipinski definition) is 8. The smallest absolute Gasteiger partial charge is 0.339 e. The Morgan fingerprint density at radius 2 is 2.04 bits per heavy atom. The molecule has 1 aromatic heterocycles. The van der Waals surface area contributed by atoms with Gasteiger partial charge in [0.2, 0.25) is 0 Å². The minimum Gasteiger partial charge on any atom is -0.449 e. The van der Waals surface area contributed by atoms with E-state index in [1.807, 2.05) is 0 Å². The Labute approximate surface area is 148 Å². The van der Waals surface area contributed by atoms with Gasteiger partial charge in [0.1, 0.15) is 11.4 Å². The third-order valence-electron chi connectivity index (χ3n) is 3.42. The van der Waals surface area contributed by atoms with Crippen molar-refractivity contribution >= 4 is 29.1 Å². The SMILES string of the molecule is Cc1cc(NC(=O)[C@@H](C)OC(=O)c2ccc(N(C)C)c([N+](=O)[O-])c2)no1. The number of esters is 1. The molecule has 2 aromatic rings. The highest BCUT2D eigenvalue weighted by atomic mass is 16.6. The molecule has 138 valence electrons. The molecule has 0 aliphatic rings. The van der Waals surface area contributed by atoms with Crippen LogP contribution in [-0.2, 0) is 9.53 Å². The Morgan fingerprint density at radius 1 is 1.35 bits per heavy atom. The molecule has 0 aliphatic carbocycles. The minimum absolute atomic E-state index is 0.0285. The van der Waals surface area contributed by atoms with Gasteiger partial charge in [-0.3, -0.25) is 14.9 Å². The van der Waals surface area contributed by atoms with Crippen molar-refractivity contribution < 1.29 is 23.8 Å². The van der Waals surface area contributed by atoms with Gasteiger partial charge in [-0.05, 0) is 26.0 Å². The number of nitro benzene ring substituents is 1. The highest BCUT2D eigenvalue weighted by Gasteiger charge is 2.23. The second-order valence-corrected chi connectivity index (χ2v) is 5.71. The first-order valence-corrected chi connectivity index (χ1v) is 7.60. The Hall–Kier alpha value is -3.43. The predicted molar refractivity (Wildman–Crippen MR) is 92.2 cm³/mol. The summed E-state index contributed by atoms with van der Waals surface area (Å²) in [7, 11) is 3.30. The number of ether oxygens (including phenoxy) is 1. The van der Waals surface area contributed by atoms with Crippen LogP contribution >= 0.6 is 0 Å². The van der Waals surface area contributed by atoms with E-state index >= 15 is 0 Å². The van der Waals surface area contributed by atoms with Gasteiger partial charge in [0.25, 0.3) is 11.6 Å². The van der Waals surface area contributed by atoms with Gasteiger partial charge in [0.15, 0.2) is 11.9 Å². The molecule has 0 fully saturated rings. The maximum atomic E-state index is 12.2. The van der Waals surface area contributed by atoms with Crippen molar-refractivity contribution in [1.82, 2.24) is 5.16 Å². The van der Waals surface area contributed by atoms with E-state index in [0.29, 0.717) is 11.4 Å². The summed E-state index contributed by atoms with van der Waals surface area (Å²) in [4.78, 5) is 36.4.